The number of rotatable bonds is 8. The Kier molecular flexibility index (Phi) is 7.14. The molecule has 0 fully saturated rings. The summed E-state index contributed by atoms with van der Waals surface area (Å²) in [5.41, 5.74) is 1.62. The van der Waals surface area contributed by atoms with E-state index in [9.17, 15) is 14.0 Å². The molecule has 0 unspecified atom stereocenters. The standard InChI is InChI=1S/C20H23FN2O2/c1-16(24)23(14-18-11-5-6-12-19(18)21)15-20(25)22-13-7-10-17-8-3-2-4-9-17/h2-6,8-9,11-12H,7,10,13-15H2,1H3,(H,22,25). The predicted octanol–water partition coefficient (Wildman–Crippen LogP) is 2.92. The summed E-state index contributed by atoms with van der Waals surface area (Å²) in [5, 5.41) is 2.81. The van der Waals surface area contributed by atoms with Gasteiger partial charge in [0.05, 0.1) is 6.54 Å². The van der Waals surface area contributed by atoms with Crippen molar-refractivity contribution in [3.05, 3.63) is 71.5 Å². The lowest BCUT2D eigenvalue weighted by Gasteiger charge is -2.21. The van der Waals surface area contributed by atoms with Gasteiger partial charge in [-0.25, -0.2) is 4.39 Å². The van der Waals surface area contributed by atoms with Crippen molar-refractivity contribution in [2.45, 2.75) is 26.3 Å². The van der Waals surface area contributed by atoms with Crippen LogP contribution < -0.4 is 5.32 Å². The summed E-state index contributed by atoms with van der Waals surface area (Å²) in [4.78, 5) is 25.1. The minimum Gasteiger partial charge on any atom is -0.355 e. The fourth-order valence-corrected chi connectivity index (χ4v) is 2.51. The van der Waals surface area contributed by atoms with E-state index in [0.717, 1.165) is 12.8 Å². The molecule has 2 amide bonds. The summed E-state index contributed by atoms with van der Waals surface area (Å²) in [6, 6.07) is 16.3. The van der Waals surface area contributed by atoms with E-state index in [2.05, 4.69) is 5.32 Å². The molecule has 1 N–H and O–H groups in total. The Hall–Kier alpha value is -2.69. The van der Waals surface area contributed by atoms with E-state index in [1.807, 2.05) is 30.3 Å². The Morgan fingerprint density at radius 2 is 1.72 bits per heavy atom. The lowest BCUT2D eigenvalue weighted by atomic mass is 10.1. The lowest BCUT2D eigenvalue weighted by Crippen LogP contribution is -2.39. The van der Waals surface area contributed by atoms with Gasteiger partial charge >= 0.3 is 0 Å². The maximum atomic E-state index is 13.7. The van der Waals surface area contributed by atoms with Crippen LogP contribution in [-0.2, 0) is 22.6 Å². The third-order valence-electron chi connectivity index (χ3n) is 3.91. The maximum Gasteiger partial charge on any atom is 0.239 e. The average molecular weight is 342 g/mol. The summed E-state index contributed by atoms with van der Waals surface area (Å²) in [5.74, 6) is -0.876. The van der Waals surface area contributed by atoms with Crippen molar-refractivity contribution >= 4 is 11.8 Å². The SMILES string of the molecule is CC(=O)N(CC(=O)NCCCc1ccccc1)Cc1ccccc1F. The summed E-state index contributed by atoms with van der Waals surface area (Å²) >= 11 is 0. The maximum absolute atomic E-state index is 13.7. The Bertz CT molecular complexity index is 704. The van der Waals surface area contributed by atoms with Crippen molar-refractivity contribution in [2.24, 2.45) is 0 Å². The molecule has 5 heteroatoms. The zero-order valence-electron chi connectivity index (χ0n) is 14.4. The van der Waals surface area contributed by atoms with Gasteiger partial charge in [0.25, 0.3) is 0 Å². The number of amides is 2. The number of carbonyl (C=O) groups is 2. The number of carbonyl (C=O) groups excluding carboxylic acids is 2. The molecule has 2 rings (SSSR count). The predicted molar refractivity (Wildman–Crippen MR) is 95.3 cm³/mol. The first kappa shape index (κ1) is 18.6. The van der Waals surface area contributed by atoms with Crippen LogP contribution in [-0.4, -0.2) is 29.8 Å². The van der Waals surface area contributed by atoms with Gasteiger partial charge in [0.1, 0.15) is 5.82 Å². The normalized spacial score (nSPS) is 10.3. The van der Waals surface area contributed by atoms with Gasteiger partial charge in [-0.1, -0.05) is 48.5 Å². The minimum absolute atomic E-state index is 0.0744. The third-order valence-corrected chi connectivity index (χ3v) is 3.91. The molecule has 0 atom stereocenters. The number of nitrogens with one attached hydrogen (secondary N) is 1. The second kappa shape index (κ2) is 9.57. The molecular weight excluding hydrogens is 319 g/mol. The van der Waals surface area contributed by atoms with E-state index in [4.69, 9.17) is 0 Å². The number of hydrogen-bond acceptors (Lipinski definition) is 2. The molecule has 2 aromatic carbocycles. The van der Waals surface area contributed by atoms with Crippen LogP contribution in [0.2, 0.25) is 0 Å². The van der Waals surface area contributed by atoms with Crippen LogP contribution in [0.1, 0.15) is 24.5 Å². The highest BCUT2D eigenvalue weighted by Crippen LogP contribution is 2.10. The van der Waals surface area contributed by atoms with Crippen molar-refractivity contribution in [2.75, 3.05) is 13.1 Å². The molecule has 0 radical (unpaired) electrons. The quantitative estimate of drug-likeness (QED) is 0.750. The molecule has 0 heterocycles. The van der Waals surface area contributed by atoms with Crippen molar-refractivity contribution in [3.8, 4) is 0 Å². The molecule has 0 spiro atoms. The minimum atomic E-state index is -0.378. The second-order valence-electron chi connectivity index (χ2n) is 5.91. The molecule has 0 bridgehead atoms. The van der Waals surface area contributed by atoms with Crippen molar-refractivity contribution < 1.29 is 14.0 Å². The van der Waals surface area contributed by atoms with Gasteiger partial charge in [-0.2, -0.15) is 0 Å². The van der Waals surface area contributed by atoms with E-state index in [1.165, 1.54) is 23.5 Å². The van der Waals surface area contributed by atoms with Crippen LogP contribution in [0, 0.1) is 5.82 Å². The van der Waals surface area contributed by atoms with Gasteiger partial charge in [0, 0.05) is 25.6 Å². The highest BCUT2D eigenvalue weighted by Gasteiger charge is 2.15. The highest BCUT2D eigenvalue weighted by atomic mass is 19.1. The Morgan fingerprint density at radius 3 is 2.40 bits per heavy atom. The molecule has 0 aliphatic carbocycles. The molecule has 0 saturated carbocycles. The van der Waals surface area contributed by atoms with Crippen LogP contribution in [0.5, 0.6) is 0 Å². The summed E-state index contributed by atoms with van der Waals surface area (Å²) in [6.45, 7) is 1.93. The monoisotopic (exact) mass is 342 g/mol. The molecule has 0 aliphatic rings. The molecule has 132 valence electrons. The third kappa shape index (κ3) is 6.37. The first-order chi connectivity index (χ1) is 12.1. The number of hydrogen-bond donors (Lipinski definition) is 1. The molecule has 4 nitrogen and oxygen atoms in total. The van der Waals surface area contributed by atoms with Crippen LogP contribution in [0.4, 0.5) is 4.39 Å². The van der Waals surface area contributed by atoms with Gasteiger partial charge < -0.3 is 10.2 Å². The number of benzene rings is 2. The van der Waals surface area contributed by atoms with E-state index in [1.54, 1.807) is 18.2 Å². The van der Waals surface area contributed by atoms with Crippen molar-refractivity contribution in [1.82, 2.24) is 10.2 Å². The van der Waals surface area contributed by atoms with E-state index < -0.39 is 0 Å². The molecule has 2 aromatic rings. The molecule has 0 aliphatic heterocycles. The van der Waals surface area contributed by atoms with Gasteiger partial charge in [-0.05, 0) is 24.5 Å². The molecule has 0 aromatic heterocycles. The summed E-state index contributed by atoms with van der Waals surface area (Å²) in [7, 11) is 0. The van der Waals surface area contributed by atoms with Crippen LogP contribution >= 0.6 is 0 Å². The highest BCUT2D eigenvalue weighted by molar-refractivity contribution is 5.83. The first-order valence-electron chi connectivity index (χ1n) is 8.36. The van der Waals surface area contributed by atoms with Gasteiger partial charge in [-0.15, -0.1) is 0 Å². The Labute approximate surface area is 147 Å². The van der Waals surface area contributed by atoms with Crippen molar-refractivity contribution in [3.63, 3.8) is 0 Å². The van der Waals surface area contributed by atoms with Gasteiger partial charge in [0.15, 0.2) is 0 Å². The summed E-state index contributed by atoms with van der Waals surface area (Å²) < 4.78 is 13.7. The number of nitrogens with zero attached hydrogens (tertiary/aromatic N) is 1. The molecule has 25 heavy (non-hydrogen) atoms. The zero-order chi connectivity index (χ0) is 18.1. The number of halogens is 1. The largest absolute Gasteiger partial charge is 0.355 e. The Balaban J connectivity index is 1.78. The lowest BCUT2D eigenvalue weighted by molar-refractivity contribution is -0.134. The van der Waals surface area contributed by atoms with Crippen LogP contribution in [0.15, 0.2) is 54.6 Å². The fourth-order valence-electron chi connectivity index (χ4n) is 2.51. The average Bonchev–Trinajstić information content (AvgIpc) is 2.61. The van der Waals surface area contributed by atoms with Crippen LogP contribution in [0.3, 0.4) is 0 Å². The second-order valence-corrected chi connectivity index (χ2v) is 5.91. The van der Waals surface area contributed by atoms with E-state index in [-0.39, 0.29) is 30.7 Å². The Morgan fingerprint density at radius 1 is 1.04 bits per heavy atom. The molecule has 0 saturated heterocycles. The van der Waals surface area contributed by atoms with E-state index >= 15 is 0 Å². The first-order valence-corrected chi connectivity index (χ1v) is 8.36. The van der Waals surface area contributed by atoms with Crippen LogP contribution in [0.25, 0.3) is 0 Å². The smallest absolute Gasteiger partial charge is 0.239 e. The van der Waals surface area contributed by atoms with Gasteiger partial charge in [-0.3, -0.25) is 9.59 Å². The topological polar surface area (TPSA) is 49.4 Å². The fraction of sp³-hybridized carbons (Fsp3) is 0.300. The van der Waals surface area contributed by atoms with Gasteiger partial charge in [0.2, 0.25) is 11.8 Å². The van der Waals surface area contributed by atoms with E-state index in [0.29, 0.717) is 12.1 Å². The number of aryl methyl sites for hydroxylation is 1. The summed E-state index contributed by atoms with van der Waals surface area (Å²) in [6.07, 6.45) is 1.70. The zero-order valence-corrected chi connectivity index (χ0v) is 14.4. The van der Waals surface area contributed by atoms with Crippen molar-refractivity contribution in [1.29, 1.82) is 0 Å². The molecular formula is C20H23FN2O2.